The van der Waals surface area contributed by atoms with E-state index in [2.05, 4.69) is 32.4 Å². The Bertz CT molecular complexity index is 392. The van der Waals surface area contributed by atoms with Crippen molar-refractivity contribution in [2.75, 3.05) is 44.2 Å². The Morgan fingerprint density at radius 1 is 1.35 bits per heavy atom. The molecule has 0 spiro atoms. The minimum atomic E-state index is 0.401. The molecule has 3 heterocycles. The van der Waals surface area contributed by atoms with E-state index in [1.165, 1.54) is 57.0 Å². The lowest BCUT2D eigenvalue weighted by Gasteiger charge is -2.40. The van der Waals surface area contributed by atoms with Gasteiger partial charge in [0.15, 0.2) is 5.13 Å². The van der Waals surface area contributed by atoms with Gasteiger partial charge in [0.1, 0.15) is 0 Å². The fraction of sp³-hybridized carbons (Fsp3) is 0.800. The molecule has 1 atom stereocenters. The van der Waals surface area contributed by atoms with E-state index in [-0.39, 0.29) is 0 Å². The molecule has 2 fully saturated rings. The largest absolute Gasteiger partial charge is 0.346 e. The van der Waals surface area contributed by atoms with E-state index < -0.39 is 0 Å². The lowest BCUT2D eigenvalue weighted by molar-refractivity contribution is 0.175. The lowest BCUT2D eigenvalue weighted by Crippen LogP contribution is -2.55. The average Bonchev–Trinajstić information content (AvgIpc) is 3.12. The molecule has 1 aromatic rings. The van der Waals surface area contributed by atoms with E-state index in [1.807, 2.05) is 6.20 Å². The third-order valence-corrected chi connectivity index (χ3v) is 5.48. The van der Waals surface area contributed by atoms with Gasteiger partial charge in [-0.25, -0.2) is 4.98 Å². The highest BCUT2D eigenvalue weighted by molar-refractivity contribution is 7.13. The first-order valence-electron chi connectivity index (χ1n) is 7.93. The van der Waals surface area contributed by atoms with Crippen molar-refractivity contribution in [1.82, 2.24) is 15.2 Å². The maximum atomic E-state index is 4.42. The quantitative estimate of drug-likeness (QED) is 0.902. The van der Waals surface area contributed by atoms with Crippen molar-refractivity contribution in [2.45, 2.75) is 38.1 Å². The van der Waals surface area contributed by atoms with Crippen LogP contribution in [0.4, 0.5) is 5.13 Å². The van der Waals surface area contributed by atoms with Crippen molar-refractivity contribution in [1.29, 1.82) is 0 Å². The Morgan fingerprint density at radius 2 is 2.20 bits per heavy atom. The molecule has 4 nitrogen and oxygen atoms in total. The fourth-order valence-electron chi connectivity index (χ4n) is 3.67. The minimum Gasteiger partial charge on any atom is -0.346 e. The van der Waals surface area contributed by atoms with Crippen LogP contribution in [0.1, 0.15) is 32.6 Å². The van der Waals surface area contributed by atoms with Gasteiger partial charge in [-0.15, -0.1) is 11.3 Å². The highest BCUT2D eigenvalue weighted by atomic mass is 32.1. The first-order valence-corrected chi connectivity index (χ1v) is 8.81. The summed E-state index contributed by atoms with van der Waals surface area (Å²) in [6.45, 7) is 9.33. The molecule has 3 rings (SSSR count). The van der Waals surface area contributed by atoms with Gasteiger partial charge in [-0.2, -0.15) is 0 Å². The second-order valence-electron chi connectivity index (χ2n) is 6.14. The standard InChI is InChI=1S/C15H26N4S/c1-2-4-15(5-3-6-17-15)13-18-8-10-19(11-9-18)14-16-7-12-20-14/h7,12,17H,2-6,8-11,13H2,1H3. The van der Waals surface area contributed by atoms with Crippen LogP contribution in [0.2, 0.25) is 0 Å². The van der Waals surface area contributed by atoms with E-state index in [0.717, 1.165) is 13.1 Å². The molecule has 0 aliphatic carbocycles. The highest BCUT2D eigenvalue weighted by Crippen LogP contribution is 2.27. The molecule has 0 bridgehead atoms. The summed E-state index contributed by atoms with van der Waals surface area (Å²) < 4.78 is 0. The summed E-state index contributed by atoms with van der Waals surface area (Å²) >= 11 is 1.75. The molecule has 20 heavy (non-hydrogen) atoms. The summed E-state index contributed by atoms with van der Waals surface area (Å²) in [5.41, 5.74) is 0.401. The molecule has 112 valence electrons. The van der Waals surface area contributed by atoms with Gasteiger partial charge < -0.3 is 10.2 Å². The Hall–Kier alpha value is -0.650. The molecule has 2 saturated heterocycles. The molecule has 0 radical (unpaired) electrons. The molecule has 1 unspecified atom stereocenters. The van der Waals surface area contributed by atoms with Crippen LogP contribution in [-0.4, -0.2) is 54.7 Å². The zero-order valence-corrected chi connectivity index (χ0v) is 13.3. The van der Waals surface area contributed by atoms with Crippen molar-refractivity contribution >= 4 is 16.5 Å². The molecule has 0 aromatic carbocycles. The number of rotatable bonds is 5. The SMILES string of the molecule is CCCC1(CN2CCN(c3nccs3)CC2)CCCN1. The third kappa shape index (κ3) is 3.15. The van der Waals surface area contributed by atoms with Crippen molar-refractivity contribution in [3.63, 3.8) is 0 Å². The predicted molar refractivity (Wildman–Crippen MR) is 85.6 cm³/mol. The normalized spacial score (nSPS) is 28.1. The summed E-state index contributed by atoms with van der Waals surface area (Å²) in [6.07, 6.45) is 7.21. The van der Waals surface area contributed by atoms with Crippen LogP contribution >= 0.6 is 11.3 Å². The van der Waals surface area contributed by atoms with Crippen molar-refractivity contribution in [3.05, 3.63) is 11.6 Å². The number of aromatic nitrogens is 1. The Labute approximate surface area is 126 Å². The second-order valence-corrected chi connectivity index (χ2v) is 7.01. The van der Waals surface area contributed by atoms with Crippen LogP contribution in [-0.2, 0) is 0 Å². The minimum absolute atomic E-state index is 0.401. The lowest BCUT2D eigenvalue weighted by atomic mass is 9.91. The van der Waals surface area contributed by atoms with Gasteiger partial charge in [0.2, 0.25) is 0 Å². The zero-order chi connectivity index (χ0) is 13.8. The van der Waals surface area contributed by atoms with Gasteiger partial charge in [-0.1, -0.05) is 13.3 Å². The number of hydrogen-bond donors (Lipinski definition) is 1. The van der Waals surface area contributed by atoms with E-state index in [1.54, 1.807) is 11.3 Å². The molecule has 0 amide bonds. The molecule has 1 N–H and O–H groups in total. The van der Waals surface area contributed by atoms with E-state index in [4.69, 9.17) is 0 Å². The van der Waals surface area contributed by atoms with Crippen LogP contribution in [0.5, 0.6) is 0 Å². The Kier molecular flexibility index (Phi) is 4.58. The summed E-state index contributed by atoms with van der Waals surface area (Å²) in [4.78, 5) is 9.50. The van der Waals surface area contributed by atoms with Gasteiger partial charge in [-0.05, 0) is 25.8 Å². The molecule has 0 saturated carbocycles. The maximum Gasteiger partial charge on any atom is 0.185 e. The zero-order valence-electron chi connectivity index (χ0n) is 12.5. The molecular formula is C15H26N4S. The summed E-state index contributed by atoms with van der Waals surface area (Å²) in [6, 6.07) is 0. The third-order valence-electron chi connectivity index (χ3n) is 4.65. The number of thiazole rings is 1. The maximum absolute atomic E-state index is 4.42. The van der Waals surface area contributed by atoms with Crippen molar-refractivity contribution < 1.29 is 0 Å². The van der Waals surface area contributed by atoms with E-state index in [9.17, 15) is 0 Å². The predicted octanol–water partition coefficient (Wildman–Crippen LogP) is 2.19. The molecular weight excluding hydrogens is 268 g/mol. The first-order chi connectivity index (χ1) is 9.81. The Balaban J connectivity index is 1.53. The number of hydrogen-bond acceptors (Lipinski definition) is 5. The number of anilines is 1. The smallest absolute Gasteiger partial charge is 0.185 e. The summed E-state index contributed by atoms with van der Waals surface area (Å²) in [5.74, 6) is 0. The number of nitrogens with zero attached hydrogens (tertiary/aromatic N) is 3. The number of nitrogens with one attached hydrogen (secondary N) is 1. The van der Waals surface area contributed by atoms with Crippen LogP contribution in [0, 0.1) is 0 Å². The topological polar surface area (TPSA) is 31.4 Å². The summed E-state index contributed by atoms with van der Waals surface area (Å²) in [7, 11) is 0. The van der Waals surface area contributed by atoms with Gasteiger partial charge in [0.05, 0.1) is 0 Å². The first kappa shape index (κ1) is 14.3. The van der Waals surface area contributed by atoms with Gasteiger partial charge in [-0.3, -0.25) is 4.90 Å². The molecule has 2 aliphatic heterocycles. The van der Waals surface area contributed by atoms with Crippen LogP contribution in [0.3, 0.4) is 0 Å². The Morgan fingerprint density at radius 3 is 2.80 bits per heavy atom. The van der Waals surface area contributed by atoms with E-state index in [0.29, 0.717) is 5.54 Å². The van der Waals surface area contributed by atoms with E-state index >= 15 is 0 Å². The van der Waals surface area contributed by atoms with Gasteiger partial charge in [0.25, 0.3) is 0 Å². The second kappa shape index (κ2) is 6.41. The molecule has 1 aromatic heterocycles. The average molecular weight is 294 g/mol. The van der Waals surface area contributed by atoms with Gasteiger partial charge in [0, 0.05) is 49.8 Å². The van der Waals surface area contributed by atoms with Crippen LogP contribution in [0.15, 0.2) is 11.6 Å². The monoisotopic (exact) mass is 294 g/mol. The van der Waals surface area contributed by atoms with Gasteiger partial charge >= 0.3 is 0 Å². The van der Waals surface area contributed by atoms with Crippen molar-refractivity contribution in [2.24, 2.45) is 0 Å². The van der Waals surface area contributed by atoms with Crippen LogP contribution < -0.4 is 10.2 Å². The molecule has 2 aliphatic rings. The van der Waals surface area contributed by atoms with Crippen LogP contribution in [0.25, 0.3) is 0 Å². The van der Waals surface area contributed by atoms with Crippen molar-refractivity contribution in [3.8, 4) is 0 Å². The molecule has 5 heteroatoms. The fourth-order valence-corrected chi connectivity index (χ4v) is 4.37. The summed E-state index contributed by atoms with van der Waals surface area (Å²) in [5, 5.41) is 7.05. The highest BCUT2D eigenvalue weighted by Gasteiger charge is 2.35. The number of piperazine rings is 1.